The molecule has 1 rings (SSSR count). The van der Waals surface area contributed by atoms with Gasteiger partial charge in [-0.1, -0.05) is 6.92 Å². The lowest BCUT2D eigenvalue weighted by Gasteiger charge is -2.31. The highest BCUT2D eigenvalue weighted by atomic mass is 16.2. The molecule has 0 heterocycles. The highest BCUT2D eigenvalue weighted by molar-refractivity contribution is 5.80. The molecule has 1 saturated carbocycles. The van der Waals surface area contributed by atoms with Crippen LogP contribution in [0.1, 0.15) is 46.5 Å². The number of amides is 2. The molecule has 5 nitrogen and oxygen atoms in total. The van der Waals surface area contributed by atoms with Crippen LogP contribution in [0.3, 0.4) is 0 Å². The second-order valence-corrected chi connectivity index (χ2v) is 5.91. The maximum atomic E-state index is 12.0. The Morgan fingerprint density at radius 1 is 1.32 bits per heavy atom. The lowest BCUT2D eigenvalue weighted by molar-refractivity contribution is -0.126. The van der Waals surface area contributed by atoms with Crippen LogP contribution < -0.4 is 16.4 Å². The van der Waals surface area contributed by atoms with E-state index < -0.39 is 0 Å². The van der Waals surface area contributed by atoms with Crippen LogP contribution in [0, 0.1) is 11.8 Å². The fraction of sp³-hybridized carbons (Fsp3) is 0.857. The Morgan fingerprint density at radius 3 is 2.58 bits per heavy atom. The summed E-state index contributed by atoms with van der Waals surface area (Å²) in [6, 6.07) is 0.366. The molecule has 0 radical (unpaired) electrons. The zero-order chi connectivity index (χ0) is 14.4. The van der Waals surface area contributed by atoms with Gasteiger partial charge in [-0.05, 0) is 39.0 Å². The Labute approximate surface area is 115 Å². The van der Waals surface area contributed by atoms with Gasteiger partial charge < -0.3 is 16.4 Å². The SMILES string of the molecule is CC(C)NC(=O)CCNC(=O)C1CCC(N)C(C)C1. The van der Waals surface area contributed by atoms with Crippen LogP contribution in [0.25, 0.3) is 0 Å². The molecule has 3 unspecified atom stereocenters. The fourth-order valence-electron chi connectivity index (χ4n) is 2.50. The number of rotatable bonds is 5. The van der Waals surface area contributed by atoms with Crippen molar-refractivity contribution in [3.63, 3.8) is 0 Å². The Balaban J connectivity index is 2.23. The predicted octanol–water partition coefficient (Wildman–Crippen LogP) is 0.781. The molecular formula is C14H27N3O2. The van der Waals surface area contributed by atoms with Crippen LogP contribution in [-0.4, -0.2) is 30.4 Å². The minimum absolute atomic E-state index is 0.0191. The van der Waals surface area contributed by atoms with Crippen molar-refractivity contribution in [2.75, 3.05) is 6.54 Å². The molecule has 1 fully saturated rings. The summed E-state index contributed by atoms with van der Waals surface area (Å²) in [6.45, 7) is 6.35. The first kappa shape index (κ1) is 16.0. The van der Waals surface area contributed by atoms with Crippen LogP contribution in [-0.2, 0) is 9.59 Å². The standard InChI is InChI=1S/C14H27N3O2/c1-9(2)17-13(18)6-7-16-14(19)11-4-5-12(15)10(3)8-11/h9-12H,4-8,15H2,1-3H3,(H,16,19)(H,17,18). The van der Waals surface area contributed by atoms with Crippen LogP contribution in [0.4, 0.5) is 0 Å². The number of nitrogens with two attached hydrogens (primary N) is 1. The molecule has 0 saturated heterocycles. The Bertz CT molecular complexity index is 318. The number of hydrogen-bond donors (Lipinski definition) is 3. The third-order valence-electron chi connectivity index (χ3n) is 3.71. The molecule has 5 heteroatoms. The number of carbonyl (C=O) groups excluding carboxylic acids is 2. The zero-order valence-electron chi connectivity index (χ0n) is 12.2. The topological polar surface area (TPSA) is 84.2 Å². The summed E-state index contributed by atoms with van der Waals surface area (Å²) in [7, 11) is 0. The molecule has 19 heavy (non-hydrogen) atoms. The van der Waals surface area contributed by atoms with Crippen molar-refractivity contribution in [3.05, 3.63) is 0 Å². The van der Waals surface area contributed by atoms with E-state index in [2.05, 4.69) is 17.6 Å². The van der Waals surface area contributed by atoms with Crippen molar-refractivity contribution in [3.8, 4) is 0 Å². The van der Waals surface area contributed by atoms with Gasteiger partial charge in [-0.25, -0.2) is 0 Å². The van der Waals surface area contributed by atoms with Gasteiger partial charge in [0, 0.05) is 31.0 Å². The van der Waals surface area contributed by atoms with E-state index in [1.165, 1.54) is 0 Å². The molecule has 3 atom stereocenters. The Hall–Kier alpha value is -1.10. The van der Waals surface area contributed by atoms with E-state index in [0.717, 1.165) is 19.3 Å². The second-order valence-electron chi connectivity index (χ2n) is 5.91. The zero-order valence-corrected chi connectivity index (χ0v) is 12.2. The molecule has 2 amide bonds. The minimum Gasteiger partial charge on any atom is -0.355 e. The third-order valence-corrected chi connectivity index (χ3v) is 3.71. The Kier molecular flexibility index (Phi) is 6.28. The predicted molar refractivity (Wildman–Crippen MR) is 75.4 cm³/mol. The van der Waals surface area contributed by atoms with Gasteiger partial charge in [0.2, 0.25) is 11.8 Å². The largest absolute Gasteiger partial charge is 0.355 e. The molecule has 4 N–H and O–H groups in total. The van der Waals surface area contributed by atoms with E-state index >= 15 is 0 Å². The molecule has 0 aromatic heterocycles. The van der Waals surface area contributed by atoms with Gasteiger partial charge in [0.25, 0.3) is 0 Å². The maximum Gasteiger partial charge on any atom is 0.223 e. The van der Waals surface area contributed by atoms with Gasteiger partial charge >= 0.3 is 0 Å². The van der Waals surface area contributed by atoms with Crippen LogP contribution >= 0.6 is 0 Å². The van der Waals surface area contributed by atoms with E-state index in [0.29, 0.717) is 18.9 Å². The van der Waals surface area contributed by atoms with E-state index in [1.54, 1.807) is 0 Å². The van der Waals surface area contributed by atoms with Crippen molar-refractivity contribution in [1.29, 1.82) is 0 Å². The summed E-state index contributed by atoms with van der Waals surface area (Å²) in [5, 5.41) is 5.65. The van der Waals surface area contributed by atoms with Crippen molar-refractivity contribution >= 4 is 11.8 Å². The highest BCUT2D eigenvalue weighted by Crippen LogP contribution is 2.27. The molecule has 110 valence electrons. The summed E-state index contributed by atoms with van der Waals surface area (Å²) in [4.78, 5) is 23.4. The first-order valence-corrected chi connectivity index (χ1v) is 7.22. The van der Waals surface area contributed by atoms with Crippen molar-refractivity contribution in [2.24, 2.45) is 17.6 Å². The van der Waals surface area contributed by atoms with Gasteiger partial charge in [-0.15, -0.1) is 0 Å². The van der Waals surface area contributed by atoms with Crippen LogP contribution in [0.5, 0.6) is 0 Å². The Morgan fingerprint density at radius 2 is 2.00 bits per heavy atom. The van der Waals surface area contributed by atoms with Crippen molar-refractivity contribution in [2.45, 2.75) is 58.5 Å². The average molecular weight is 269 g/mol. The fourth-order valence-corrected chi connectivity index (χ4v) is 2.50. The molecular weight excluding hydrogens is 242 g/mol. The van der Waals surface area contributed by atoms with E-state index in [9.17, 15) is 9.59 Å². The van der Waals surface area contributed by atoms with Crippen LogP contribution in [0.15, 0.2) is 0 Å². The number of hydrogen-bond acceptors (Lipinski definition) is 3. The number of nitrogens with one attached hydrogen (secondary N) is 2. The first-order chi connectivity index (χ1) is 8.90. The van der Waals surface area contributed by atoms with Gasteiger partial charge in [-0.3, -0.25) is 9.59 Å². The highest BCUT2D eigenvalue weighted by Gasteiger charge is 2.29. The van der Waals surface area contributed by atoms with Crippen molar-refractivity contribution in [1.82, 2.24) is 10.6 Å². The van der Waals surface area contributed by atoms with Gasteiger partial charge in [0.1, 0.15) is 0 Å². The quantitative estimate of drug-likeness (QED) is 0.689. The molecule has 0 bridgehead atoms. The van der Waals surface area contributed by atoms with Crippen LogP contribution in [0.2, 0.25) is 0 Å². The third kappa shape index (κ3) is 5.59. The molecule has 0 aliphatic heterocycles. The van der Waals surface area contributed by atoms with Gasteiger partial charge in [0.15, 0.2) is 0 Å². The second kappa shape index (κ2) is 7.48. The molecule has 0 spiro atoms. The molecule has 1 aliphatic carbocycles. The van der Waals surface area contributed by atoms with Crippen molar-refractivity contribution < 1.29 is 9.59 Å². The normalized spacial score (nSPS) is 27.1. The smallest absolute Gasteiger partial charge is 0.223 e. The number of carbonyl (C=O) groups is 2. The maximum absolute atomic E-state index is 12.0. The summed E-state index contributed by atoms with van der Waals surface area (Å²) in [5.74, 6) is 0.502. The summed E-state index contributed by atoms with van der Waals surface area (Å²) < 4.78 is 0. The lowest BCUT2D eigenvalue weighted by Crippen LogP contribution is -2.41. The molecule has 1 aliphatic rings. The summed E-state index contributed by atoms with van der Waals surface area (Å²) in [6.07, 6.45) is 2.96. The summed E-state index contributed by atoms with van der Waals surface area (Å²) >= 11 is 0. The minimum atomic E-state index is -0.0191. The molecule has 0 aromatic carbocycles. The van der Waals surface area contributed by atoms with Gasteiger partial charge in [-0.2, -0.15) is 0 Å². The average Bonchev–Trinajstić information content (AvgIpc) is 2.31. The monoisotopic (exact) mass is 269 g/mol. The molecule has 0 aromatic rings. The first-order valence-electron chi connectivity index (χ1n) is 7.22. The van der Waals surface area contributed by atoms with Gasteiger partial charge in [0.05, 0.1) is 0 Å². The summed E-state index contributed by atoms with van der Waals surface area (Å²) in [5.41, 5.74) is 5.94. The van der Waals surface area contributed by atoms with E-state index in [1.807, 2.05) is 13.8 Å². The van der Waals surface area contributed by atoms with E-state index in [4.69, 9.17) is 5.73 Å². The van der Waals surface area contributed by atoms with E-state index in [-0.39, 0.29) is 29.8 Å². The lowest BCUT2D eigenvalue weighted by atomic mass is 9.79.